The van der Waals surface area contributed by atoms with Gasteiger partial charge in [0.25, 0.3) is 0 Å². The SMILES string of the molecule is CCCCCS(=O)(=O)CCC(=O)NCCN. The van der Waals surface area contributed by atoms with Crippen molar-refractivity contribution in [2.75, 3.05) is 24.6 Å². The molecular formula is C10H22N2O3S. The Morgan fingerprint density at radius 2 is 1.94 bits per heavy atom. The molecule has 0 atom stereocenters. The molecule has 0 saturated heterocycles. The molecule has 0 aromatic heterocycles. The van der Waals surface area contributed by atoms with Crippen molar-refractivity contribution in [3.63, 3.8) is 0 Å². The fourth-order valence-electron chi connectivity index (χ4n) is 1.22. The predicted octanol–water partition coefficient (Wildman–Crippen LogP) is 0.0564. The second kappa shape index (κ2) is 8.52. The van der Waals surface area contributed by atoms with E-state index in [1.54, 1.807) is 0 Å². The molecule has 0 heterocycles. The van der Waals surface area contributed by atoms with Crippen LogP contribution in [0.2, 0.25) is 0 Å². The fourth-order valence-corrected chi connectivity index (χ4v) is 2.57. The molecule has 0 aliphatic carbocycles. The first-order chi connectivity index (χ1) is 7.52. The summed E-state index contributed by atoms with van der Waals surface area (Å²) >= 11 is 0. The number of hydrogen-bond acceptors (Lipinski definition) is 4. The third kappa shape index (κ3) is 8.67. The summed E-state index contributed by atoms with van der Waals surface area (Å²) in [6, 6.07) is 0. The van der Waals surface area contributed by atoms with Gasteiger partial charge in [-0.15, -0.1) is 0 Å². The summed E-state index contributed by atoms with van der Waals surface area (Å²) in [6.45, 7) is 2.79. The molecule has 0 unspecified atom stereocenters. The predicted molar refractivity (Wildman–Crippen MR) is 64.9 cm³/mol. The van der Waals surface area contributed by atoms with Crippen LogP contribution in [0.1, 0.15) is 32.6 Å². The van der Waals surface area contributed by atoms with Crippen molar-refractivity contribution >= 4 is 15.7 Å². The minimum atomic E-state index is -3.07. The molecule has 6 heteroatoms. The summed E-state index contributed by atoms with van der Waals surface area (Å²) < 4.78 is 23.0. The Labute approximate surface area is 97.7 Å². The van der Waals surface area contributed by atoms with Crippen LogP contribution in [-0.4, -0.2) is 38.9 Å². The van der Waals surface area contributed by atoms with Crippen LogP contribution in [0.5, 0.6) is 0 Å². The highest BCUT2D eigenvalue weighted by molar-refractivity contribution is 7.91. The van der Waals surface area contributed by atoms with Gasteiger partial charge < -0.3 is 11.1 Å². The van der Waals surface area contributed by atoms with Gasteiger partial charge in [0.15, 0.2) is 9.84 Å². The van der Waals surface area contributed by atoms with E-state index in [4.69, 9.17) is 5.73 Å². The van der Waals surface area contributed by atoms with Crippen LogP contribution in [0.15, 0.2) is 0 Å². The molecule has 0 radical (unpaired) electrons. The van der Waals surface area contributed by atoms with Gasteiger partial charge >= 0.3 is 0 Å². The number of rotatable bonds is 9. The van der Waals surface area contributed by atoms with Crippen LogP contribution in [0.25, 0.3) is 0 Å². The average molecular weight is 250 g/mol. The number of sulfone groups is 1. The van der Waals surface area contributed by atoms with Gasteiger partial charge in [-0.25, -0.2) is 8.42 Å². The molecule has 3 N–H and O–H groups in total. The van der Waals surface area contributed by atoms with Crippen LogP contribution in [0.3, 0.4) is 0 Å². The highest BCUT2D eigenvalue weighted by Gasteiger charge is 2.12. The van der Waals surface area contributed by atoms with Gasteiger partial charge in [-0.05, 0) is 6.42 Å². The number of carbonyl (C=O) groups excluding carboxylic acids is 1. The van der Waals surface area contributed by atoms with E-state index in [0.29, 0.717) is 19.5 Å². The normalized spacial score (nSPS) is 11.4. The van der Waals surface area contributed by atoms with Gasteiger partial charge in [-0.2, -0.15) is 0 Å². The zero-order chi connectivity index (χ0) is 12.4. The Morgan fingerprint density at radius 1 is 1.25 bits per heavy atom. The number of nitrogens with two attached hydrogens (primary N) is 1. The molecule has 0 saturated carbocycles. The van der Waals surface area contributed by atoms with Crippen molar-refractivity contribution in [1.82, 2.24) is 5.32 Å². The first-order valence-electron chi connectivity index (χ1n) is 5.69. The molecule has 0 rings (SSSR count). The molecule has 5 nitrogen and oxygen atoms in total. The highest BCUT2D eigenvalue weighted by atomic mass is 32.2. The Balaban J connectivity index is 3.76. The molecule has 0 aromatic rings. The number of hydrogen-bond donors (Lipinski definition) is 2. The second-order valence-corrected chi connectivity index (χ2v) is 6.05. The Hall–Kier alpha value is -0.620. The van der Waals surface area contributed by atoms with Gasteiger partial charge in [0.05, 0.1) is 11.5 Å². The van der Waals surface area contributed by atoms with E-state index in [1.165, 1.54) is 0 Å². The largest absolute Gasteiger partial charge is 0.355 e. The lowest BCUT2D eigenvalue weighted by atomic mass is 10.3. The van der Waals surface area contributed by atoms with E-state index in [9.17, 15) is 13.2 Å². The Bertz CT molecular complexity index is 288. The molecule has 0 aliphatic rings. The molecule has 0 bridgehead atoms. The molecular weight excluding hydrogens is 228 g/mol. The summed E-state index contributed by atoms with van der Waals surface area (Å²) in [4.78, 5) is 11.1. The standard InChI is InChI=1S/C10H22N2O3S/c1-2-3-4-8-16(14,15)9-5-10(13)12-7-6-11/h2-9,11H2,1H3,(H,12,13). The minimum absolute atomic E-state index is 0.0362. The van der Waals surface area contributed by atoms with Gasteiger partial charge in [0.2, 0.25) is 5.91 Å². The highest BCUT2D eigenvalue weighted by Crippen LogP contribution is 2.01. The van der Waals surface area contributed by atoms with Crippen molar-refractivity contribution in [2.24, 2.45) is 5.73 Å². The fraction of sp³-hybridized carbons (Fsp3) is 0.900. The lowest BCUT2D eigenvalue weighted by Crippen LogP contribution is -2.30. The summed E-state index contributed by atoms with van der Waals surface area (Å²) in [5.74, 6) is -0.123. The van der Waals surface area contributed by atoms with Gasteiger partial charge in [-0.3, -0.25) is 4.79 Å². The molecule has 0 spiro atoms. The number of nitrogens with one attached hydrogen (secondary N) is 1. The maximum atomic E-state index is 11.5. The number of amides is 1. The maximum Gasteiger partial charge on any atom is 0.221 e. The molecule has 16 heavy (non-hydrogen) atoms. The molecule has 0 aliphatic heterocycles. The number of unbranched alkanes of at least 4 members (excludes halogenated alkanes) is 2. The van der Waals surface area contributed by atoms with Crippen LogP contribution in [0, 0.1) is 0 Å². The third-order valence-electron chi connectivity index (χ3n) is 2.17. The monoisotopic (exact) mass is 250 g/mol. The lowest BCUT2D eigenvalue weighted by Gasteiger charge is -2.04. The minimum Gasteiger partial charge on any atom is -0.355 e. The van der Waals surface area contributed by atoms with E-state index in [0.717, 1.165) is 12.8 Å². The summed E-state index contributed by atoms with van der Waals surface area (Å²) in [6.07, 6.45) is 2.63. The van der Waals surface area contributed by atoms with Crippen molar-refractivity contribution in [2.45, 2.75) is 32.6 Å². The van der Waals surface area contributed by atoms with E-state index in [1.807, 2.05) is 6.92 Å². The molecule has 1 amide bonds. The van der Waals surface area contributed by atoms with E-state index in [-0.39, 0.29) is 23.8 Å². The summed E-state index contributed by atoms with van der Waals surface area (Å²) in [5.41, 5.74) is 5.21. The zero-order valence-corrected chi connectivity index (χ0v) is 10.7. The average Bonchev–Trinajstić information content (AvgIpc) is 2.24. The lowest BCUT2D eigenvalue weighted by molar-refractivity contribution is -0.120. The second-order valence-electron chi connectivity index (χ2n) is 3.75. The maximum absolute atomic E-state index is 11.5. The van der Waals surface area contributed by atoms with Crippen molar-refractivity contribution in [3.8, 4) is 0 Å². The van der Waals surface area contributed by atoms with Crippen LogP contribution >= 0.6 is 0 Å². The molecule has 0 fully saturated rings. The first kappa shape index (κ1) is 15.4. The quantitative estimate of drug-likeness (QED) is 0.566. The zero-order valence-electron chi connectivity index (χ0n) is 9.87. The first-order valence-corrected chi connectivity index (χ1v) is 7.51. The van der Waals surface area contributed by atoms with Crippen molar-refractivity contribution < 1.29 is 13.2 Å². The Kier molecular flexibility index (Phi) is 8.19. The Morgan fingerprint density at radius 3 is 2.50 bits per heavy atom. The smallest absolute Gasteiger partial charge is 0.221 e. The van der Waals surface area contributed by atoms with Crippen LogP contribution in [-0.2, 0) is 14.6 Å². The van der Waals surface area contributed by atoms with Gasteiger partial charge in [0, 0.05) is 19.5 Å². The summed E-state index contributed by atoms with van der Waals surface area (Å²) in [7, 11) is -3.07. The van der Waals surface area contributed by atoms with E-state index in [2.05, 4.69) is 5.32 Å². The van der Waals surface area contributed by atoms with E-state index >= 15 is 0 Å². The molecule has 0 aromatic carbocycles. The van der Waals surface area contributed by atoms with Crippen LogP contribution in [0.4, 0.5) is 0 Å². The topological polar surface area (TPSA) is 89.3 Å². The third-order valence-corrected chi connectivity index (χ3v) is 3.90. The van der Waals surface area contributed by atoms with Crippen molar-refractivity contribution in [1.29, 1.82) is 0 Å². The van der Waals surface area contributed by atoms with Gasteiger partial charge in [-0.1, -0.05) is 19.8 Å². The van der Waals surface area contributed by atoms with E-state index < -0.39 is 9.84 Å². The number of carbonyl (C=O) groups is 1. The molecule has 96 valence electrons. The summed E-state index contributed by atoms with van der Waals surface area (Å²) in [5, 5.41) is 2.54. The van der Waals surface area contributed by atoms with Gasteiger partial charge in [0.1, 0.15) is 0 Å². The van der Waals surface area contributed by atoms with Crippen molar-refractivity contribution in [3.05, 3.63) is 0 Å². The van der Waals surface area contributed by atoms with Crippen LogP contribution < -0.4 is 11.1 Å².